The maximum atomic E-state index is 8.99. The Morgan fingerprint density at radius 1 is 1.59 bits per heavy atom. The Morgan fingerprint density at radius 2 is 2.35 bits per heavy atom. The molecular formula is C12H15BrN2OS. The summed E-state index contributed by atoms with van der Waals surface area (Å²) >= 11 is 5.18. The summed E-state index contributed by atoms with van der Waals surface area (Å²) < 4.78 is 0.876. The molecule has 0 aliphatic carbocycles. The first-order valence-electron chi connectivity index (χ1n) is 5.27. The van der Waals surface area contributed by atoms with Crippen molar-refractivity contribution in [3.63, 3.8) is 0 Å². The van der Waals surface area contributed by atoms with Gasteiger partial charge in [0.05, 0.1) is 11.6 Å². The van der Waals surface area contributed by atoms with Gasteiger partial charge in [-0.05, 0) is 46.8 Å². The standard InChI is InChI=1S/C12H15BrN2OS/c1-17-8-10(4-5-16)15-12-3-2-9(7-14)6-11(12)13/h2-3,6,10,15-16H,4-5,8H2,1H3/t10-/m0/s1. The van der Waals surface area contributed by atoms with Gasteiger partial charge in [-0.25, -0.2) is 0 Å². The minimum Gasteiger partial charge on any atom is -0.396 e. The van der Waals surface area contributed by atoms with E-state index in [1.54, 1.807) is 23.9 Å². The monoisotopic (exact) mass is 314 g/mol. The van der Waals surface area contributed by atoms with Crippen LogP contribution in [0.4, 0.5) is 5.69 Å². The predicted octanol–water partition coefficient (Wildman–Crippen LogP) is 2.85. The highest BCUT2D eigenvalue weighted by Gasteiger charge is 2.09. The molecule has 3 nitrogen and oxygen atoms in total. The Hall–Kier alpha value is -0.700. The fourth-order valence-corrected chi connectivity index (χ4v) is 2.62. The van der Waals surface area contributed by atoms with E-state index >= 15 is 0 Å². The van der Waals surface area contributed by atoms with Crippen molar-refractivity contribution in [3.8, 4) is 6.07 Å². The van der Waals surface area contributed by atoms with Crippen LogP contribution in [0.5, 0.6) is 0 Å². The highest BCUT2D eigenvalue weighted by atomic mass is 79.9. The third-order valence-corrected chi connectivity index (χ3v) is 3.70. The summed E-state index contributed by atoms with van der Waals surface area (Å²) in [4.78, 5) is 0. The lowest BCUT2D eigenvalue weighted by atomic mass is 10.2. The minimum atomic E-state index is 0.173. The zero-order valence-electron chi connectivity index (χ0n) is 9.61. The van der Waals surface area contributed by atoms with Crippen molar-refractivity contribution >= 4 is 33.4 Å². The molecule has 2 N–H and O–H groups in total. The molecule has 0 unspecified atom stereocenters. The first kappa shape index (κ1) is 14.4. The summed E-state index contributed by atoms with van der Waals surface area (Å²) in [6, 6.07) is 7.78. The van der Waals surface area contributed by atoms with Crippen molar-refractivity contribution in [3.05, 3.63) is 28.2 Å². The van der Waals surface area contributed by atoms with Crippen molar-refractivity contribution in [2.45, 2.75) is 12.5 Å². The van der Waals surface area contributed by atoms with Gasteiger partial charge in [-0.3, -0.25) is 0 Å². The molecule has 0 aliphatic rings. The summed E-state index contributed by atoms with van der Waals surface area (Å²) in [7, 11) is 0. The predicted molar refractivity (Wildman–Crippen MR) is 76.4 cm³/mol. The van der Waals surface area contributed by atoms with Gasteiger partial charge in [-0.1, -0.05) is 0 Å². The molecule has 17 heavy (non-hydrogen) atoms. The Kier molecular flexibility index (Phi) is 6.41. The number of nitrogens with one attached hydrogen (secondary N) is 1. The fourth-order valence-electron chi connectivity index (χ4n) is 1.48. The molecule has 0 aliphatic heterocycles. The minimum absolute atomic E-state index is 0.173. The van der Waals surface area contributed by atoms with Crippen molar-refractivity contribution < 1.29 is 5.11 Å². The van der Waals surface area contributed by atoms with Crippen LogP contribution >= 0.6 is 27.7 Å². The number of aliphatic hydroxyl groups excluding tert-OH is 1. The van der Waals surface area contributed by atoms with Crippen LogP contribution in [0.2, 0.25) is 0 Å². The molecule has 0 fully saturated rings. The average Bonchev–Trinajstić information content (AvgIpc) is 2.32. The largest absolute Gasteiger partial charge is 0.396 e. The van der Waals surface area contributed by atoms with E-state index in [0.29, 0.717) is 12.0 Å². The van der Waals surface area contributed by atoms with Crippen molar-refractivity contribution in [2.75, 3.05) is 23.9 Å². The number of rotatable bonds is 6. The zero-order valence-corrected chi connectivity index (χ0v) is 12.0. The number of anilines is 1. The molecule has 5 heteroatoms. The van der Waals surface area contributed by atoms with Crippen molar-refractivity contribution in [2.24, 2.45) is 0 Å². The van der Waals surface area contributed by atoms with E-state index in [1.807, 2.05) is 12.3 Å². The lowest BCUT2D eigenvalue weighted by molar-refractivity contribution is 0.282. The van der Waals surface area contributed by atoms with Gasteiger partial charge in [-0.15, -0.1) is 0 Å². The van der Waals surface area contributed by atoms with Gasteiger partial charge < -0.3 is 10.4 Å². The summed E-state index contributed by atoms with van der Waals surface area (Å²) in [5.74, 6) is 0.938. The van der Waals surface area contributed by atoms with Gasteiger partial charge >= 0.3 is 0 Å². The zero-order chi connectivity index (χ0) is 12.7. The van der Waals surface area contributed by atoms with Crippen LogP contribution in [-0.4, -0.2) is 29.8 Å². The van der Waals surface area contributed by atoms with Crippen molar-refractivity contribution in [1.29, 1.82) is 5.26 Å². The lowest BCUT2D eigenvalue weighted by Crippen LogP contribution is -2.23. The maximum Gasteiger partial charge on any atom is 0.0992 e. The summed E-state index contributed by atoms with van der Waals surface area (Å²) in [5, 5.41) is 21.1. The molecule has 1 rings (SSSR count). The molecule has 1 atom stereocenters. The molecule has 0 spiro atoms. The molecule has 1 aromatic rings. The Balaban J connectivity index is 2.75. The quantitative estimate of drug-likeness (QED) is 0.847. The molecule has 0 radical (unpaired) electrons. The second kappa shape index (κ2) is 7.59. The third-order valence-electron chi connectivity index (χ3n) is 2.30. The SMILES string of the molecule is CSC[C@H](CCO)Nc1ccc(C#N)cc1Br. The van der Waals surface area contributed by atoms with E-state index in [4.69, 9.17) is 10.4 Å². The summed E-state index contributed by atoms with van der Waals surface area (Å²) in [5.41, 5.74) is 1.59. The number of hydrogen-bond acceptors (Lipinski definition) is 4. The second-order valence-electron chi connectivity index (χ2n) is 3.62. The van der Waals surface area contributed by atoms with Crippen LogP contribution < -0.4 is 5.32 Å². The number of nitrogens with zero attached hydrogens (tertiary/aromatic N) is 1. The van der Waals surface area contributed by atoms with Gasteiger partial charge in [0.2, 0.25) is 0 Å². The van der Waals surface area contributed by atoms with E-state index in [1.165, 1.54) is 0 Å². The van der Waals surface area contributed by atoms with E-state index < -0.39 is 0 Å². The highest BCUT2D eigenvalue weighted by Crippen LogP contribution is 2.25. The third kappa shape index (κ3) is 4.58. The Morgan fingerprint density at radius 3 is 2.88 bits per heavy atom. The van der Waals surface area contributed by atoms with Gasteiger partial charge in [0.1, 0.15) is 0 Å². The number of aliphatic hydroxyl groups is 1. The lowest BCUT2D eigenvalue weighted by Gasteiger charge is -2.19. The Labute approximate surface area is 114 Å². The molecule has 0 saturated heterocycles. The Bertz CT molecular complexity index is 400. The van der Waals surface area contributed by atoms with Crippen molar-refractivity contribution in [1.82, 2.24) is 0 Å². The van der Waals surface area contributed by atoms with Crippen LogP contribution in [0.1, 0.15) is 12.0 Å². The van der Waals surface area contributed by atoms with E-state index in [-0.39, 0.29) is 12.6 Å². The van der Waals surface area contributed by atoms with Gasteiger partial charge in [0.15, 0.2) is 0 Å². The maximum absolute atomic E-state index is 8.99. The second-order valence-corrected chi connectivity index (χ2v) is 5.38. The van der Waals surface area contributed by atoms with Crippen LogP contribution in [0.25, 0.3) is 0 Å². The van der Waals surface area contributed by atoms with Crippen LogP contribution in [0.3, 0.4) is 0 Å². The summed E-state index contributed by atoms with van der Waals surface area (Å²) in [6.45, 7) is 0.173. The van der Waals surface area contributed by atoms with E-state index in [9.17, 15) is 0 Å². The number of benzene rings is 1. The number of thioether (sulfide) groups is 1. The van der Waals surface area contributed by atoms with Gasteiger partial charge in [0.25, 0.3) is 0 Å². The molecule has 0 bridgehead atoms. The molecule has 0 amide bonds. The molecular weight excluding hydrogens is 300 g/mol. The normalized spacial score (nSPS) is 11.9. The van der Waals surface area contributed by atoms with E-state index in [0.717, 1.165) is 15.9 Å². The van der Waals surface area contributed by atoms with Gasteiger partial charge in [-0.2, -0.15) is 17.0 Å². The van der Waals surface area contributed by atoms with Crippen LogP contribution in [0.15, 0.2) is 22.7 Å². The first-order chi connectivity index (χ1) is 8.21. The van der Waals surface area contributed by atoms with Crippen LogP contribution in [0, 0.1) is 11.3 Å². The first-order valence-corrected chi connectivity index (χ1v) is 7.46. The summed E-state index contributed by atoms with van der Waals surface area (Å²) in [6.07, 6.45) is 2.76. The highest BCUT2D eigenvalue weighted by molar-refractivity contribution is 9.10. The van der Waals surface area contributed by atoms with Crippen LogP contribution in [-0.2, 0) is 0 Å². The average molecular weight is 315 g/mol. The number of halogens is 1. The molecule has 1 aromatic carbocycles. The smallest absolute Gasteiger partial charge is 0.0992 e. The molecule has 0 heterocycles. The van der Waals surface area contributed by atoms with E-state index in [2.05, 4.69) is 27.3 Å². The molecule has 92 valence electrons. The van der Waals surface area contributed by atoms with Gasteiger partial charge in [0, 0.05) is 28.6 Å². The fraction of sp³-hybridized carbons (Fsp3) is 0.417. The number of hydrogen-bond donors (Lipinski definition) is 2. The molecule has 0 aromatic heterocycles. The number of nitriles is 1. The molecule has 0 saturated carbocycles. The topological polar surface area (TPSA) is 56.0 Å².